The molecular formula is C27H32N2O4S. The van der Waals surface area contributed by atoms with Crippen LogP contribution in [0.3, 0.4) is 0 Å². The Balaban J connectivity index is 1.56. The fourth-order valence-corrected chi connectivity index (χ4v) is 6.45. The van der Waals surface area contributed by atoms with Gasteiger partial charge >= 0.3 is 6.09 Å². The monoisotopic (exact) mass is 480 g/mol. The number of thioether (sulfide) groups is 1. The van der Waals surface area contributed by atoms with E-state index in [1.54, 1.807) is 13.2 Å². The minimum absolute atomic E-state index is 0.232. The third kappa shape index (κ3) is 4.15. The first-order chi connectivity index (χ1) is 16.3. The van der Waals surface area contributed by atoms with Gasteiger partial charge in [-0.05, 0) is 79.8 Å². The number of rotatable bonds is 3. The number of nitrogens with zero attached hydrogens (tertiary/aromatic N) is 2. The van der Waals surface area contributed by atoms with E-state index in [-0.39, 0.29) is 12.0 Å². The van der Waals surface area contributed by atoms with Crippen LogP contribution in [0.25, 0.3) is 11.1 Å². The number of amides is 1. The molecule has 0 bridgehead atoms. The van der Waals surface area contributed by atoms with Gasteiger partial charge in [0.2, 0.25) is 0 Å². The molecule has 0 radical (unpaired) electrons. The average molecular weight is 481 g/mol. The highest BCUT2D eigenvalue weighted by Crippen LogP contribution is 2.50. The molecule has 3 aliphatic heterocycles. The first kappa shape index (κ1) is 23.1. The molecule has 2 aromatic rings. The summed E-state index contributed by atoms with van der Waals surface area (Å²) in [5, 5.41) is 0. The van der Waals surface area contributed by atoms with Crippen molar-refractivity contribution in [2.24, 2.45) is 0 Å². The van der Waals surface area contributed by atoms with E-state index in [0.717, 1.165) is 41.9 Å². The van der Waals surface area contributed by atoms with Crippen molar-refractivity contribution < 1.29 is 19.1 Å². The number of aldehydes is 1. The number of ether oxygens (including phenoxy) is 2. The van der Waals surface area contributed by atoms with E-state index in [1.807, 2.05) is 49.6 Å². The largest absolute Gasteiger partial charge is 0.497 e. The molecule has 0 saturated carbocycles. The molecule has 180 valence electrons. The van der Waals surface area contributed by atoms with Crippen molar-refractivity contribution in [2.45, 2.75) is 50.5 Å². The van der Waals surface area contributed by atoms with E-state index in [1.165, 1.54) is 16.8 Å². The van der Waals surface area contributed by atoms with Crippen LogP contribution in [0, 0.1) is 0 Å². The van der Waals surface area contributed by atoms with Gasteiger partial charge in [0.25, 0.3) is 0 Å². The Bertz CT molecular complexity index is 1130. The van der Waals surface area contributed by atoms with Gasteiger partial charge in [-0.3, -0.25) is 4.79 Å². The number of anilines is 1. The fourth-order valence-electron chi connectivity index (χ4n) is 5.54. The van der Waals surface area contributed by atoms with Crippen molar-refractivity contribution in [3.63, 3.8) is 0 Å². The number of fused-ring (bicyclic) bond motifs is 3. The molecular weight excluding hydrogens is 448 g/mol. The van der Waals surface area contributed by atoms with Crippen LogP contribution in [0.2, 0.25) is 0 Å². The average Bonchev–Trinajstić information content (AvgIpc) is 2.96. The molecule has 0 aromatic heterocycles. The lowest BCUT2D eigenvalue weighted by Crippen LogP contribution is -2.49. The number of benzene rings is 2. The van der Waals surface area contributed by atoms with Crippen molar-refractivity contribution in [3.05, 3.63) is 47.0 Å². The molecule has 7 heteroatoms. The van der Waals surface area contributed by atoms with Gasteiger partial charge in [0.15, 0.2) is 6.29 Å². The zero-order chi connectivity index (χ0) is 24.0. The topological polar surface area (TPSA) is 59.1 Å². The van der Waals surface area contributed by atoms with Crippen molar-refractivity contribution in [3.8, 4) is 16.9 Å². The molecule has 5 rings (SSSR count). The Hall–Kier alpha value is -2.67. The second-order valence-corrected chi connectivity index (χ2v) is 11.4. The minimum Gasteiger partial charge on any atom is -0.497 e. The molecule has 0 unspecified atom stereocenters. The van der Waals surface area contributed by atoms with E-state index < -0.39 is 5.60 Å². The molecule has 1 fully saturated rings. The second-order valence-electron chi connectivity index (χ2n) is 10.3. The predicted molar refractivity (Wildman–Crippen MR) is 136 cm³/mol. The summed E-state index contributed by atoms with van der Waals surface area (Å²) in [5.74, 6) is 2.95. The lowest BCUT2D eigenvalue weighted by Gasteiger charge is -2.39. The van der Waals surface area contributed by atoms with Crippen LogP contribution in [-0.4, -0.2) is 61.4 Å². The molecule has 0 aliphatic carbocycles. The molecule has 2 aromatic carbocycles. The van der Waals surface area contributed by atoms with Gasteiger partial charge in [0.1, 0.15) is 11.4 Å². The van der Waals surface area contributed by atoms with Crippen molar-refractivity contribution >= 4 is 29.8 Å². The number of carbonyl (C=O) groups excluding carboxylic acids is 2. The first-order valence-electron chi connectivity index (χ1n) is 11.9. The van der Waals surface area contributed by atoms with E-state index in [9.17, 15) is 9.59 Å². The van der Waals surface area contributed by atoms with Gasteiger partial charge in [-0.25, -0.2) is 4.79 Å². The summed E-state index contributed by atoms with van der Waals surface area (Å²) in [6, 6.07) is 10.6. The van der Waals surface area contributed by atoms with Crippen LogP contribution < -0.4 is 9.64 Å². The Morgan fingerprint density at radius 3 is 2.74 bits per heavy atom. The van der Waals surface area contributed by atoms with Gasteiger partial charge in [0, 0.05) is 54.4 Å². The first-order valence-corrected chi connectivity index (χ1v) is 13.1. The lowest BCUT2D eigenvalue weighted by atomic mass is 9.86. The summed E-state index contributed by atoms with van der Waals surface area (Å²) in [7, 11) is 1.61. The summed E-state index contributed by atoms with van der Waals surface area (Å²) in [5.41, 5.74) is 6.04. The minimum atomic E-state index is -0.508. The Morgan fingerprint density at radius 2 is 2.00 bits per heavy atom. The standard InChI is InChI=1S/C27H32N2O4S/c1-27(2,3)33-26(31)28-8-7-24-23(14-28)22-13-17(11-19-16-34-10-9-29(24)25(19)22)21-6-5-20(32-4)12-18(21)15-30/h5-6,11-13,15,23-24H,7-10,14,16H2,1-4H3/t23-,24-/m0/s1. The van der Waals surface area contributed by atoms with E-state index in [4.69, 9.17) is 9.47 Å². The zero-order valence-electron chi connectivity index (χ0n) is 20.3. The van der Waals surface area contributed by atoms with Crippen molar-refractivity contribution in [1.82, 2.24) is 4.90 Å². The maximum atomic E-state index is 12.9. The normalized spacial score (nSPS) is 21.4. The molecule has 3 aliphatic rings. The maximum Gasteiger partial charge on any atom is 0.410 e. The fraction of sp³-hybridized carbons (Fsp3) is 0.481. The van der Waals surface area contributed by atoms with Gasteiger partial charge in [0.05, 0.1) is 7.11 Å². The van der Waals surface area contributed by atoms with Gasteiger partial charge in [-0.1, -0.05) is 0 Å². The summed E-state index contributed by atoms with van der Waals surface area (Å²) in [4.78, 5) is 29.2. The van der Waals surface area contributed by atoms with Gasteiger partial charge < -0.3 is 19.3 Å². The van der Waals surface area contributed by atoms with Gasteiger partial charge in [-0.2, -0.15) is 11.8 Å². The van der Waals surface area contributed by atoms with Crippen LogP contribution >= 0.6 is 11.8 Å². The Kier molecular flexibility index (Phi) is 6.00. The zero-order valence-corrected chi connectivity index (χ0v) is 21.1. The van der Waals surface area contributed by atoms with Crippen molar-refractivity contribution in [2.75, 3.05) is 37.4 Å². The van der Waals surface area contributed by atoms with Crippen LogP contribution in [0.1, 0.15) is 54.6 Å². The molecule has 6 nitrogen and oxygen atoms in total. The predicted octanol–water partition coefficient (Wildman–Crippen LogP) is 5.33. The molecule has 3 heterocycles. The van der Waals surface area contributed by atoms with Crippen LogP contribution in [0.15, 0.2) is 30.3 Å². The quantitative estimate of drug-likeness (QED) is 0.553. The highest BCUT2D eigenvalue weighted by atomic mass is 32.2. The molecule has 0 N–H and O–H groups in total. The summed E-state index contributed by atoms with van der Waals surface area (Å²) in [6.45, 7) is 8.12. The van der Waals surface area contributed by atoms with Crippen molar-refractivity contribution in [1.29, 1.82) is 0 Å². The molecule has 1 amide bonds. The number of hydrogen-bond donors (Lipinski definition) is 0. The third-order valence-electron chi connectivity index (χ3n) is 6.96. The number of likely N-dealkylation sites (tertiary alicyclic amines) is 1. The number of methoxy groups -OCH3 is 1. The summed E-state index contributed by atoms with van der Waals surface area (Å²) < 4.78 is 11.0. The van der Waals surface area contributed by atoms with Gasteiger partial charge in [-0.15, -0.1) is 0 Å². The molecule has 1 saturated heterocycles. The smallest absolute Gasteiger partial charge is 0.410 e. The van der Waals surface area contributed by atoms with Crippen LogP contribution in [0.5, 0.6) is 5.75 Å². The van der Waals surface area contributed by atoms with E-state index in [2.05, 4.69) is 17.0 Å². The van der Waals surface area contributed by atoms with Crippen LogP contribution in [-0.2, 0) is 10.5 Å². The van der Waals surface area contributed by atoms with E-state index in [0.29, 0.717) is 30.4 Å². The summed E-state index contributed by atoms with van der Waals surface area (Å²) in [6.07, 6.45) is 1.60. The highest BCUT2D eigenvalue weighted by Gasteiger charge is 2.45. The number of carbonyl (C=O) groups is 2. The van der Waals surface area contributed by atoms with E-state index >= 15 is 0 Å². The Labute approximate surface area is 205 Å². The third-order valence-corrected chi connectivity index (χ3v) is 7.95. The summed E-state index contributed by atoms with van der Waals surface area (Å²) >= 11 is 1.96. The second kappa shape index (κ2) is 8.84. The molecule has 2 atom stereocenters. The Morgan fingerprint density at radius 1 is 1.18 bits per heavy atom. The molecule has 34 heavy (non-hydrogen) atoms. The van der Waals surface area contributed by atoms with Crippen LogP contribution in [0.4, 0.5) is 10.5 Å². The lowest BCUT2D eigenvalue weighted by molar-refractivity contribution is 0.0189. The number of piperidine rings is 1. The molecule has 0 spiro atoms. The maximum absolute atomic E-state index is 12.9. The highest BCUT2D eigenvalue weighted by molar-refractivity contribution is 7.98. The number of hydrogen-bond acceptors (Lipinski definition) is 6. The SMILES string of the molecule is COc1ccc(-c2cc3c4c(c2)[C@@H]2CN(C(=O)OC(C)(C)C)CC[C@@H]2N4CCSC3)c(C=O)c1.